The van der Waals surface area contributed by atoms with Gasteiger partial charge in [-0.15, -0.1) is 0 Å². The highest BCUT2D eigenvalue weighted by Crippen LogP contribution is 2.49. The zero-order valence-corrected chi connectivity index (χ0v) is 27.7. The fraction of sp³-hybridized carbons (Fsp3) is 0.286. The predicted octanol–water partition coefficient (Wildman–Crippen LogP) is 4.47. The number of ether oxygens (including phenoxy) is 2. The summed E-state index contributed by atoms with van der Waals surface area (Å²) in [6, 6.07) is 21.9. The first kappa shape index (κ1) is 33.8. The average molecular weight is 689 g/mol. The number of fused-ring (bicyclic) bond motifs is 1. The van der Waals surface area contributed by atoms with E-state index in [1.54, 1.807) is 19.1 Å². The minimum atomic E-state index is -4.63. The molecule has 1 atom stereocenters. The number of piperazine rings is 1. The van der Waals surface area contributed by atoms with E-state index in [9.17, 15) is 27.3 Å². The number of rotatable bonds is 11. The van der Waals surface area contributed by atoms with Gasteiger partial charge in [0.15, 0.2) is 5.54 Å². The van der Waals surface area contributed by atoms with Crippen LogP contribution >= 0.6 is 0 Å². The van der Waals surface area contributed by atoms with Gasteiger partial charge in [-0.3, -0.25) is 10.1 Å². The molecule has 1 amide bonds. The van der Waals surface area contributed by atoms with Crippen molar-refractivity contribution in [2.75, 3.05) is 49.0 Å². The van der Waals surface area contributed by atoms with E-state index in [1.165, 1.54) is 24.4 Å². The second kappa shape index (κ2) is 13.8. The smallest absolute Gasteiger partial charge is 0.387 e. The highest BCUT2D eigenvalue weighted by atomic mass is 32.2. The van der Waals surface area contributed by atoms with Gasteiger partial charge in [-0.2, -0.15) is 14.0 Å². The number of hydrogen-bond donors (Lipinski definition) is 1. The van der Waals surface area contributed by atoms with Gasteiger partial charge in [-0.05, 0) is 86.3 Å². The van der Waals surface area contributed by atoms with Crippen molar-refractivity contribution in [2.24, 2.45) is 0 Å². The zero-order valence-electron chi connectivity index (χ0n) is 26.8. The molecule has 1 N–H and O–H groups in total. The van der Waals surface area contributed by atoms with E-state index in [-0.39, 0.29) is 52.1 Å². The molecule has 1 unspecified atom stereocenters. The Morgan fingerprint density at radius 1 is 1.00 bits per heavy atom. The molecule has 6 rings (SSSR count). The highest BCUT2D eigenvalue weighted by Gasteiger charge is 2.57. The Hall–Kier alpha value is -5.10. The summed E-state index contributed by atoms with van der Waals surface area (Å²) in [5.74, 6) is -1.02. The topological polar surface area (TPSA) is 128 Å². The van der Waals surface area contributed by atoms with Gasteiger partial charge < -0.3 is 19.3 Å². The third-order valence-electron chi connectivity index (χ3n) is 8.66. The van der Waals surface area contributed by atoms with Crippen molar-refractivity contribution in [2.45, 2.75) is 30.5 Å². The molecule has 4 aromatic rings. The van der Waals surface area contributed by atoms with Gasteiger partial charge in [0.1, 0.15) is 5.75 Å². The summed E-state index contributed by atoms with van der Waals surface area (Å²) in [6.45, 7) is 2.71. The molecule has 2 aliphatic heterocycles. The Bertz CT molecular complexity index is 1980. The molecule has 0 bridgehead atoms. The highest BCUT2D eigenvalue weighted by molar-refractivity contribution is 7.93. The molecule has 2 aliphatic rings. The normalized spacial score (nSPS) is 18.0. The van der Waals surface area contributed by atoms with E-state index in [1.807, 2.05) is 24.3 Å². The molecular weight excluding hydrogens is 654 g/mol. The van der Waals surface area contributed by atoms with Crippen LogP contribution in [-0.2, 0) is 26.9 Å². The second-order valence-electron chi connectivity index (χ2n) is 11.6. The standard InChI is InChI=1S/C35H34F2N6O5S/c1-3-47-32-29(5-4-16-39-32)35(40-23-24-6-9-26(10-7-24)42-19-17-41(2)18-20-42)30-21-25(22-38)8-15-31(30)43(33(35)44)49(45,46)28-13-11-27(12-14-28)48-34(36)37/h4-16,21,34,40H,3,17-20,23H2,1-2H3. The van der Waals surface area contributed by atoms with Gasteiger partial charge in [0.25, 0.3) is 15.9 Å². The van der Waals surface area contributed by atoms with Crippen LogP contribution in [0.3, 0.4) is 0 Å². The van der Waals surface area contributed by atoms with Crippen LogP contribution in [-0.4, -0.2) is 70.7 Å². The number of carbonyl (C=O) groups excluding carboxylic acids is 1. The molecule has 14 heteroatoms. The number of hydrogen-bond acceptors (Lipinski definition) is 10. The van der Waals surface area contributed by atoms with Crippen LogP contribution in [0.2, 0.25) is 0 Å². The van der Waals surface area contributed by atoms with Crippen LogP contribution in [0.1, 0.15) is 29.2 Å². The first-order valence-corrected chi connectivity index (χ1v) is 17.1. The van der Waals surface area contributed by atoms with Gasteiger partial charge in [0, 0.05) is 55.7 Å². The first-order valence-electron chi connectivity index (χ1n) is 15.6. The summed E-state index contributed by atoms with van der Waals surface area (Å²) >= 11 is 0. The van der Waals surface area contributed by atoms with E-state index >= 15 is 0 Å². The molecule has 0 saturated carbocycles. The first-order chi connectivity index (χ1) is 23.6. The summed E-state index contributed by atoms with van der Waals surface area (Å²) in [5.41, 5.74) is 0.695. The van der Waals surface area contributed by atoms with E-state index in [4.69, 9.17) is 4.74 Å². The van der Waals surface area contributed by atoms with Crippen molar-refractivity contribution in [3.8, 4) is 17.7 Å². The number of nitrogens with zero attached hydrogens (tertiary/aromatic N) is 5. The van der Waals surface area contributed by atoms with Gasteiger partial charge in [-0.25, -0.2) is 17.7 Å². The maximum Gasteiger partial charge on any atom is 0.387 e. The summed E-state index contributed by atoms with van der Waals surface area (Å²) < 4.78 is 65.0. The van der Waals surface area contributed by atoms with E-state index in [0.29, 0.717) is 4.31 Å². The lowest BCUT2D eigenvalue weighted by Gasteiger charge is -2.34. The van der Waals surface area contributed by atoms with E-state index < -0.39 is 28.1 Å². The number of likely N-dealkylation sites (N-methyl/N-ethyl adjacent to an activating group) is 1. The number of benzene rings is 3. The van der Waals surface area contributed by atoms with Gasteiger partial charge >= 0.3 is 6.61 Å². The average Bonchev–Trinajstić information content (AvgIpc) is 3.36. The van der Waals surface area contributed by atoms with E-state index in [0.717, 1.165) is 61.7 Å². The number of halogens is 2. The van der Waals surface area contributed by atoms with Gasteiger partial charge in [-0.1, -0.05) is 12.1 Å². The molecule has 1 aromatic heterocycles. The second-order valence-corrected chi connectivity index (χ2v) is 13.4. The molecule has 0 spiro atoms. The third-order valence-corrected chi connectivity index (χ3v) is 10.4. The number of alkyl halides is 2. The Labute approximate surface area is 283 Å². The molecule has 1 saturated heterocycles. The van der Waals surface area contributed by atoms with Crippen molar-refractivity contribution in [3.05, 3.63) is 107 Å². The van der Waals surface area contributed by atoms with Crippen molar-refractivity contribution in [3.63, 3.8) is 0 Å². The summed E-state index contributed by atoms with van der Waals surface area (Å²) in [4.78, 5) is 23.6. The molecule has 254 valence electrons. The number of carbonyl (C=O) groups is 1. The molecule has 49 heavy (non-hydrogen) atoms. The molecule has 3 aromatic carbocycles. The minimum Gasteiger partial charge on any atom is -0.478 e. The van der Waals surface area contributed by atoms with Crippen LogP contribution in [0.5, 0.6) is 11.6 Å². The van der Waals surface area contributed by atoms with Crippen molar-refractivity contribution in [1.82, 2.24) is 15.2 Å². The predicted molar refractivity (Wildman–Crippen MR) is 178 cm³/mol. The number of anilines is 2. The SMILES string of the molecule is CCOc1ncccc1C1(NCc2ccc(N3CCN(C)CC3)cc2)C(=O)N(S(=O)(=O)c2ccc(OC(F)F)cc2)c2ccc(C#N)cc21. The van der Waals surface area contributed by atoms with Crippen molar-refractivity contribution in [1.29, 1.82) is 5.26 Å². The molecular formula is C35H34F2N6O5S. The minimum absolute atomic E-state index is 0.0149. The maximum absolute atomic E-state index is 15.0. The number of nitrogens with one attached hydrogen (secondary N) is 1. The zero-order chi connectivity index (χ0) is 34.8. The quantitative estimate of drug-likeness (QED) is 0.241. The molecule has 1 fully saturated rings. The number of pyridine rings is 1. The number of amides is 1. The lowest BCUT2D eigenvalue weighted by atomic mass is 9.83. The molecule has 11 nitrogen and oxygen atoms in total. The van der Waals surface area contributed by atoms with E-state index in [2.05, 4.69) is 38.0 Å². The fourth-order valence-electron chi connectivity index (χ4n) is 6.18. The fourth-order valence-corrected chi connectivity index (χ4v) is 7.64. The number of sulfonamides is 1. The van der Waals surface area contributed by atoms with Gasteiger partial charge in [0.05, 0.1) is 28.8 Å². The Morgan fingerprint density at radius 3 is 2.37 bits per heavy atom. The summed E-state index contributed by atoms with van der Waals surface area (Å²) in [7, 11) is -2.53. The summed E-state index contributed by atoms with van der Waals surface area (Å²) in [5, 5.41) is 13.2. The Morgan fingerprint density at radius 2 is 1.71 bits per heavy atom. The summed E-state index contributed by atoms with van der Waals surface area (Å²) in [6.07, 6.45) is 1.50. The maximum atomic E-state index is 15.0. The Kier molecular flexibility index (Phi) is 9.51. The van der Waals surface area contributed by atoms with Crippen LogP contribution < -0.4 is 24.0 Å². The van der Waals surface area contributed by atoms with Gasteiger partial charge in [0.2, 0.25) is 5.88 Å². The number of aromatic nitrogens is 1. The van der Waals surface area contributed by atoms with Crippen LogP contribution in [0.15, 0.2) is 90.0 Å². The lowest BCUT2D eigenvalue weighted by molar-refractivity contribution is -0.121. The lowest BCUT2D eigenvalue weighted by Crippen LogP contribution is -2.52. The van der Waals surface area contributed by atoms with Crippen LogP contribution in [0.4, 0.5) is 20.2 Å². The van der Waals surface area contributed by atoms with Crippen molar-refractivity contribution < 1.29 is 31.5 Å². The monoisotopic (exact) mass is 688 g/mol. The molecule has 3 heterocycles. The number of nitriles is 1. The Balaban J connectivity index is 1.45. The molecule has 0 radical (unpaired) electrons. The van der Waals surface area contributed by atoms with Crippen LogP contribution in [0.25, 0.3) is 0 Å². The van der Waals surface area contributed by atoms with Crippen LogP contribution in [0, 0.1) is 11.3 Å². The molecule has 0 aliphatic carbocycles. The van der Waals surface area contributed by atoms with Crippen molar-refractivity contribution >= 4 is 27.3 Å². The third kappa shape index (κ3) is 6.40. The largest absolute Gasteiger partial charge is 0.478 e.